The largest absolute Gasteiger partial charge is 0.352 e. The molecule has 1 aromatic heterocycles. The van der Waals surface area contributed by atoms with E-state index in [4.69, 9.17) is 11.6 Å². The van der Waals surface area contributed by atoms with Crippen molar-refractivity contribution in [1.82, 2.24) is 4.98 Å². The maximum Gasteiger partial charge on any atom is 0.0836 e. The number of aromatic nitrogens is 1. The summed E-state index contributed by atoms with van der Waals surface area (Å²) in [5.41, 5.74) is 1.00. The van der Waals surface area contributed by atoms with Crippen molar-refractivity contribution in [1.29, 1.82) is 0 Å². The highest BCUT2D eigenvalue weighted by Crippen LogP contribution is 2.29. The summed E-state index contributed by atoms with van der Waals surface area (Å²) in [7, 11) is 0. The normalized spacial score (nSPS) is 10.7. The molecule has 1 N–H and O–H groups in total. The summed E-state index contributed by atoms with van der Waals surface area (Å²) < 4.78 is 0.998. The number of hydrogen-bond acceptors (Lipinski definition) is 0. The minimum Gasteiger partial charge on any atom is -0.352 e. The van der Waals surface area contributed by atoms with Gasteiger partial charge in [0.1, 0.15) is 0 Å². The summed E-state index contributed by atoms with van der Waals surface area (Å²) in [6, 6.07) is 5.87. The van der Waals surface area contributed by atoms with Gasteiger partial charge in [-0.2, -0.15) is 0 Å². The summed E-state index contributed by atoms with van der Waals surface area (Å²) >= 11 is 9.26. The summed E-state index contributed by atoms with van der Waals surface area (Å²) in [5, 5.41) is 1.63. The van der Waals surface area contributed by atoms with E-state index in [1.807, 2.05) is 18.2 Å². The maximum absolute atomic E-state index is 5.86. The van der Waals surface area contributed by atoms with E-state index in [-0.39, 0.29) is 0 Å². The molecule has 2 aromatic rings. The Balaban J connectivity index is 2.96. The third kappa shape index (κ3) is 1.06. The van der Waals surface area contributed by atoms with E-state index in [2.05, 4.69) is 27.1 Å². The lowest BCUT2D eigenvalue weighted by molar-refractivity contribution is 1.46. The highest BCUT2D eigenvalue weighted by Gasteiger charge is 2.03. The summed E-state index contributed by atoms with van der Waals surface area (Å²) in [6.07, 6.45) is 2.83. The first-order chi connectivity index (χ1) is 5.29. The van der Waals surface area contributed by atoms with Crippen LogP contribution in [0.25, 0.3) is 10.9 Å². The van der Waals surface area contributed by atoms with Crippen LogP contribution >= 0.6 is 27.5 Å². The zero-order valence-electron chi connectivity index (χ0n) is 5.49. The van der Waals surface area contributed by atoms with Crippen LogP contribution in [-0.2, 0) is 0 Å². The molecule has 0 bridgehead atoms. The number of hydrogen-bond donors (Lipinski definition) is 1. The van der Waals surface area contributed by atoms with Gasteiger partial charge in [0.15, 0.2) is 0 Å². The molecule has 0 fully saturated rings. The minimum atomic E-state index is 0.632. The molecule has 0 atom stereocenters. The summed E-state index contributed by atoms with van der Waals surface area (Å²) in [6.45, 7) is 0. The molecular weight excluding hydrogens is 225 g/mol. The van der Waals surface area contributed by atoms with E-state index in [1.54, 1.807) is 0 Å². The van der Waals surface area contributed by atoms with Crippen molar-refractivity contribution in [3.8, 4) is 0 Å². The third-order valence-corrected chi connectivity index (χ3v) is 2.48. The van der Waals surface area contributed by atoms with Crippen LogP contribution < -0.4 is 0 Å². The molecule has 0 saturated heterocycles. The molecule has 0 aliphatic carbocycles. The average Bonchev–Trinajstić information content (AvgIpc) is 2.34. The second-order valence-electron chi connectivity index (χ2n) is 2.23. The van der Waals surface area contributed by atoms with E-state index in [9.17, 15) is 0 Å². The molecule has 1 heterocycles. The zero-order valence-corrected chi connectivity index (χ0v) is 7.83. The van der Waals surface area contributed by atoms with Gasteiger partial charge in [0.2, 0.25) is 0 Å². The maximum atomic E-state index is 5.86. The van der Waals surface area contributed by atoms with Gasteiger partial charge in [-0.05, 0) is 12.1 Å². The van der Waals surface area contributed by atoms with E-state index < -0.39 is 0 Å². The van der Waals surface area contributed by atoms with Gasteiger partial charge < -0.3 is 4.98 Å². The van der Waals surface area contributed by atoms with Crippen molar-refractivity contribution in [2.75, 3.05) is 0 Å². The van der Waals surface area contributed by atoms with Crippen molar-refractivity contribution in [3.63, 3.8) is 0 Å². The quantitative estimate of drug-likeness (QED) is 0.713. The Morgan fingerprint density at radius 1 is 1.45 bits per heavy atom. The van der Waals surface area contributed by atoms with Crippen LogP contribution in [0.1, 0.15) is 0 Å². The van der Waals surface area contributed by atoms with E-state index in [0.29, 0.717) is 5.02 Å². The van der Waals surface area contributed by atoms with Gasteiger partial charge in [-0.3, -0.25) is 0 Å². The fourth-order valence-corrected chi connectivity index (χ4v) is 1.97. The van der Waals surface area contributed by atoms with Gasteiger partial charge in [0, 0.05) is 15.4 Å². The lowest BCUT2D eigenvalue weighted by Gasteiger charge is -1.92. The van der Waals surface area contributed by atoms with E-state index in [0.717, 1.165) is 15.4 Å². The Kier molecular flexibility index (Phi) is 1.66. The standard InChI is InChI=1S/C8H4BrClN/c9-5-2-1-3-7-8(5)6(10)4-11-7/h1-3,11H. The molecule has 11 heavy (non-hydrogen) atoms. The third-order valence-electron chi connectivity index (χ3n) is 1.54. The number of fused-ring (bicyclic) bond motifs is 1. The molecule has 0 saturated carbocycles. The van der Waals surface area contributed by atoms with Gasteiger partial charge in [0.25, 0.3) is 0 Å². The molecule has 0 aliphatic heterocycles. The van der Waals surface area contributed by atoms with Gasteiger partial charge in [-0.25, -0.2) is 0 Å². The minimum absolute atomic E-state index is 0.632. The fraction of sp³-hybridized carbons (Fsp3) is 0. The van der Waals surface area contributed by atoms with Crippen molar-refractivity contribution in [2.45, 2.75) is 0 Å². The zero-order chi connectivity index (χ0) is 7.84. The second-order valence-corrected chi connectivity index (χ2v) is 3.46. The Morgan fingerprint density at radius 2 is 2.27 bits per heavy atom. The predicted octanol–water partition coefficient (Wildman–Crippen LogP) is 3.38. The molecule has 3 heteroatoms. The first-order valence-corrected chi connectivity index (χ1v) is 4.29. The SMILES string of the molecule is Clc1[c][nH]c2cccc(Br)c12. The molecule has 1 radical (unpaired) electrons. The summed E-state index contributed by atoms with van der Waals surface area (Å²) in [5.74, 6) is 0. The number of rotatable bonds is 0. The van der Waals surface area contributed by atoms with Crippen LogP contribution in [0, 0.1) is 6.20 Å². The molecule has 0 unspecified atom stereocenters. The van der Waals surface area contributed by atoms with Gasteiger partial charge in [-0.15, -0.1) is 0 Å². The molecular formula is C8H4BrClN. The first-order valence-electron chi connectivity index (χ1n) is 3.12. The van der Waals surface area contributed by atoms with E-state index in [1.165, 1.54) is 0 Å². The smallest absolute Gasteiger partial charge is 0.0836 e. The molecule has 55 valence electrons. The lowest BCUT2D eigenvalue weighted by atomic mass is 10.2. The van der Waals surface area contributed by atoms with E-state index >= 15 is 0 Å². The van der Waals surface area contributed by atoms with Crippen molar-refractivity contribution in [2.24, 2.45) is 0 Å². The Labute approximate surface area is 77.5 Å². The highest BCUT2D eigenvalue weighted by molar-refractivity contribution is 9.10. The number of benzene rings is 1. The first kappa shape index (κ1) is 7.19. The molecule has 0 amide bonds. The van der Waals surface area contributed by atoms with Crippen LogP contribution in [0.4, 0.5) is 0 Å². The van der Waals surface area contributed by atoms with Crippen LogP contribution in [0.5, 0.6) is 0 Å². The van der Waals surface area contributed by atoms with Gasteiger partial charge in [-0.1, -0.05) is 33.6 Å². The second kappa shape index (κ2) is 2.54. The highest BCUT2D eigenvalue weighted by atomic mass is 79.9. The van der Waals surface area contributed by atoms with Crippen molar-refractivity contribution >= 4 is 38.4 Å². The predicted molar refractivity (Wildman–Crippen MR) is 49.8 cm³/mol. The Bertz CT molecular complexity index is 394. The molecule has 0 aliphatic rings. The number of nitrogens with one attached hydrogen (secondary N) is 1. The van der Waals surface area contributed by atoms with Crippen LogP contribution in [-0.4, -0.2) is 4.98 Å². The monoisotopic (exact) mass is 228 g/mol. The number of halogens is 2. The van der Waals surface area contributed by atoms with Crippen LogP contribution in [0.2, 0.25) is 5.02 Å². The molecule has 1 aromatic carbocycles. The molecule has 1 nitrogen and oxygen atoms in total. The number of aromatic amines is 1. The summed E-state index contributed by atoms with van der Waals surface area (Å²) in [4.78, 5) is 2.94. The van der Waals surface area contributed by atoms with Crippen molar-refractivity contribution < 1.29 is 0 Å². The van der Waals surface area contributed by atoms with Crippen LogP contribution in [0.3, 0.4) is 0 Å². The van der Waals surface area contributed by atoms with Gasteiger partial charge in [0.05, 0.1) is 11.2 Å². The fourth-order valence-electron chi connectivity index (χ4n) is 1.04. The topological polar surface area (TPSA) is 15.8 Å². The Hall–Kier alpha value is -0.470. The average molecular weight is 229 g/mol. The van der Waals surface area contributed by atoms with Crippen molar-refractivity contribution in [3.05, 3.63) is 33.9 Å². The molecule has 0 spiro atoms. The lowest BCUT2D eigenvalue weighted by Crippen LogP contribution is -1.67. The Morgan fingerprint density at radius 3 is 3.00 bits per heavy atom. The van der Waals surface area contributed by atoms with Gasteiger partial charge >= 0.3 is 0 Å². The molecule has 2 rings (SSSR count). The van der Waals surface area contributed by atoms with Crippen LogP contribution in [0.15, 0.2) is 22.7 Å². The number of H-pyrrole nitrogens is 1.